The molecule has 1 aliphatic carbocycles. The van der Waals surface area contributed by atoms with Crippen LogP contribution in [0.15, 0.2) is 24.4 Å². The third kappa shape index (κ3) is 4.50. The van der Waals surface area contributed by atoms with Gasteiger partial charge in [0.1, 0.15) is 5.60 Å². The zero-order chi connectivity index (χ0) is 18.0. The van der Waals surface area contributed by atoms with Crippen LogP contribution in [0.25, 0.3) is 0 Å². The van der Waals surface area contributed by atoms with Crippen LogP contribution in [0.5, 0.6) is 0 Å². The number of fused-ring (bicyclic) bond motifs is 2. The number of carbonyl (C=O) groups excluding carboxylic acids is 2. The summed E-state index contributed by atoms with van der Waals surface area (Å²) in [6, 6.07) is 5.90. The summed E-state index contributed by atoms with van der Waals surface area (Å²) in [5, 5.41) is 2.98. The van der Waals surface area contributed by atoms with Gasteiger partial charge in [-0.15, -0.1) is 0 Å². The van der Waals surface area contributed by atoms with E-state index in [1.165, 1.54) is 0 Å². The number of aromatic nitrogens is 1. The monoisotopic (exact) mass is 345 g/mol. The first kappa shape index (κ1) is 17.7. The number of hydrogen-bond donors (Lipinski definition) is 1. The van der Waals surface area contributed by atoms with Crippen molar-refractivity contribution in [2.45, 2.75) is 51.7 Å². The van der Waals surface area contributed by atoms with Gasteiger partial charge in [0.05, 0.1) is 0 Å². The smallest absolute Gasteiger partial charge is 0.407 e. The molecule has 2 bridgehead atoms. The van der Waals surface area contributed by atoms with E-state index in [0.29, 0.717) is 24.7 Å². The number of nitrogens with zero attached hydrogens (tertiary/aromatic N) is 2. The predicted octanol–water partition coefficient (Wildman–Crippen LogP) is 2.39. The third-order valence-corrected chi connectivity index (χ3v) is 4.89. The van der Waals surface area contributed by atoms with Crippen LogP contribution in [0.3, 0.4) is 0 Å². The Balaban J connectivity index is 1.45. The lowest BCUT2D eigenvalue weighted by Crippen LogP contribution is -2.65. The number of amides is 2. The molecule has 0 spiro atoms. The molecule has 6 heteroatoms. The molecule has 25 heavy (non-hydrogen) atoms. The summed E-state index contributed by atoms with van der Waals surface area (Å²) in [7, 11) is 0. The number of rotatable bonds is 4. The lowest BCUT2D eigenvalue weighted by molar-refractivity contribution is -0.139. The molecule has 4 rings (SSSR count). The molecule has 0 radical (unpaired) electrons. The summed E-state index contributed by atoms with van der Waals surface area (Å²) < 4.78 is 5.33. The van der Waals surface area contributed by atoms with Crippen LogP contribution in [-0.4, -0.2) is 46.6 Å². The molecule has 3 fully saturated rings. The Hall–Kier alpha value is -2.11. The van der Waals surface area contributed by atoms with Crippen molar-refractivity contribution in [2.24, 2.45) is 11.8 Å². The van der Waals surface area contributed by atoms with Crippen molar-refractivity contribution in [3.05, 3.63) is 30.1 Å². The maximum atomic E-state index is 12.4. The van der Waals surface area contributed by atoms with E-state index in [4.69, 9.17) is 4.74 Å². The van der Waals surface area contributed by atoms with Gasteiger partial charge in [-0.3, -0.25) is 9.78 Å². The number of ether oxygens (including phenoxy) is 1. The van der Waals surface area contributed by atoms with E-state index in [1.807, 2.05) is 43.9 Å². The number of aryl methyl sites for hydroxylation is 1. The molecule has 1 aromatic heterocycles. The van der Waals surface area contributed by atoms with Crippen LogP contribution in [-0.2, 0) is 16.0 Å². The lowest BCUT2D eigenvalue weighted by Gasteiger charge is -2.53. The highest BCUT2D eigenvalue weighted by molar-refractivity contribution is 5.77. The highest BCUT2D eigenvalue weighted by Crippen LogP contribution is 2.40. The second-order valence-electron chi connectivity index (χ2n) is 8.05. The first-order chi connectivity index (χ1) is 11.8. The number of carbonyl (C=O) groups is 2. The Morgan fingerprint density at radius 1 is 1.28 bits per heavy atom. The van der Waals surface area contributed by atoms with E-state index in [9.17, 15) is 9.59 Å². The van der Waals surface area contributed by atoms with Gasteiger partial charge >= 0.3 is 6.09 Å². The molecule has 2 unspecified atom stereocenters. The number of nitrogens with one attached hydrogen (secondary N) is 1. The second kappa shape index (κ2) is 7.02. The molecular formula is C19H27N3O3. The Labute approximate surface area is 148 Å². The van der Waals surface area contributed by atoms with E-state index in [0.717, 1.165) is 25.2 Å². The quantitative estimate of drug-likeness (QED) is 0.909. The maximum Gasteiger partial charge on any atom is 0.407 e. The molecule has 3 heterocycles. The minimum absolute atomic E-state index is 0.134. The molecule has 2 amide bonds. The number of piperidine rings is 2. The Bertz CT molecular complexity index is 615. The second-order valence-corrected chi connectivity index (χ2v) is 8.05. The normalized spacial score (nSPS) is 25.1. The van der Waals surface area contributed by atoms with Crippen molar-refractivity contribution in [2.75, 3.05) is 13.1 Å². The minimum atomic E-state index is -0.490. The van der Waals surface area contributed by atoms with Gasteiger partial charge < -0.3 is 15.0 Å². The summed E-state index contributed by atoms with van der Waals surface area (Å²) >= 11 is 0. The fourth-order valence-corrected chi connectivity index (χ4v) is 3.71. The Kier molecular flexibility index (Phi) is 4.97. The van der Waals surface area contributed by atoms with Gasteiger partial charge in [-0.2, -0.15) is 0 Å². The van der Waals surface area contributed by atoms with Crippen LogP contribution in [0.4, 0.5) is 4.79 Å². The van der Waals surface area contributed by atoms with Crippen molar-refractivity contribution in [3.63, 3.8) is 0 Å². The van der Waals surface area contributed by atoms with Crippen LogP contribution < -0.4 is 5.32 Å². The van der Waals surface area contributed by atoms with Crippen molar-refractivity contribution in [3.8, 4) is 0 Å². The largest absolute Gasteiger partial charge is 0.444 e. The number of pyridine rings is 1. The van der Waals surface area contributed by atoms with E-state index in [1.54, 1.807) is 6.20 Å². The van der Waals surface area contributed by atoms with Gasteiger partial charge in [0.25, 0.3) is 0 Å². The SMILES string of the molecule is CC(C)(C)OC(=O)NC1C2CC1CN(C(=O)CCc1ccccn1)C2. The molecule has 3 aliphatic rings. The molecule has 1 aromatic rings. The molecule has 6 nitrogen and oxygen atoms in total. The van der Waals surface area contributed by atoms with Crippen molar-refractivity contribution < 1.29 is 14.3 Å². The molecular weight excluding hydrogens is 318 g/mol. The van der Waals surface area contributed by atoms with Gasteiger partial charge in [-0.1, -0.05) is 6.07 Å². The first-order valence-corrected chi connectivity index (χ1v) is 8.99. The van der Waals surface area contributed by atoms with E-state index in [-0.39, 0.29) is 18.0 Å². The number of alkyl carbamates (subject to hydrolysis) is 1. The minimum Gasteiger partial charge on any atom is -0.444 e. The highest BCUT2D eigenvalue weighted by Gasteiger charge is 2.48. The van der Waals surface area contributed by atoms with Crippen molar-refractivity contribution >= 4 is 12.0 Å². The van der Waals surface area contributed by atoms with Gasteiger partial charge in [0.15, 0.2) is 0 Å². The standard InChI is InChI=1S/C19H27N3O3/c1-19(2,3)25-18(24)21-17-13-10-14(17)12-22(11-13)16(23)8-7-15-6-4-5-9-20-15/h4-6,9,13-14,17H,7-8,10-12H2,1-3H3,(H,21,24). The lowest BCUT2D eigenvalue weighted by atomic mass is 9.66. The molecule has 1 N–H and O–H groups in total. The molecule has 0 aromatic carbocycles. The summed E-state index contributed by atoms with van der Waals surface area (Å²) in [6.45, 7) is 7.01. The van der Waals surface area contributed by atoms with Gasteiger partial charge in [-0.25, -0.2) is 4.79 Å². The van der Waals surface area contributed by atoms with E-state index >= 15 is 0 Å². The van der Waals surface area contributed by atoms with Gasteiger partial charge in [-0.05, 0) is 57.6 Å². The maximum absolute atomic E-state index is 12.4. The zero-order valence-corrected chi connectivity index (χ0v) is 15.2. The summed E-state index contributed by atoms with van der Waals surface area (Å²) in [5.41, 5.74) is 0.457. The first-order valence-electron chi connectivity index (χ1n) is 8.99. The van der Waals surface area contributed by atoms with Crippen LogP contribution in [0.2, 0.25) is 0 Å². The van der Waals surface area contributed by atoms with Crippen LogP contribution in [0.1, 0.15) is 39.3 Å². The van der Waals surface area contributed by atoms with E-state index in [2.05, 4.69) is 10.3 Å². The molecule has 136 valence electrons. The average Bonchev–Trinajstić information content (AvgIpc) is 2.57. The third-order valence-electron chi connectivity index (χ3n) is 4.89. The average molecular weight is 345 g/mol. The van der Waals surface area contributed by atoms with Crippen molar-refractivity contribution in [1.82, 2.24) is 15.2 Å². The molecule has 1 saturated carbocycles. The predicted molar refractivity (Wildman–Crippen MR) is 93.9 cm³/mol. The van der Waals surface area contributed by atoms with Crippen molar-refractivity contribution in [1.29, 1.82) is 0 Å². The molecule has 2 aliphatic heterocycles. The Morgan fingerprint density at radius 3 is 2.60 bits per heavy atom. The van der Waals surface area contributed by atoms with Gasteiger partial charge in [0.2, 0.25) is 5.91 Å². The molecule has 2 saturated heterocycles. The Morgan fingerprint density at radius 2 is 2.00 bits per heavy atom. The summed E-state index contributed by atoms with van der Waals surface area (Å²) in [4.78, 5) is 30.6. The van der Waals surface area contributed by atoms with Gasteiger partial charge in [0, 0.05) is 37.4 Å². The fourth-order valence-electron chi connectivity index (χ4n) is 3.71. The zero-order valence-electron chi connectivity index (χ0n) is 15.2. The highest BCUT2D eigenvalue weighted by atomic mass is 16.6. The summed E-state index contributed by atoms with van der Waals surface area (Å²) in [5.74, 6) is 0.853. The number of hydrogen-bond acceptors (Lipinski definition) is 4. The summed E-state index contributed by atoms with van der Waals surface area (Å²) in [6.07, 6.45) is 3.63. The van der Waals surface area contributed by atoms with E-state index < -0.39 is 5.60 Å². The fraction of sp³-hybridized carbons (Fsp3) is 0.632. The topological polar surface area (TPSA) is 71.5 Å². The molecule has 2 atom stereocenters. The van der Waals surface area contributed by atoms with Crippen LogP contribution in [0, 0.1) is 11.8 Å². The van der Waals surface area contributed by atoms with Crippen LogP contribution >= 0.6 is 0 Å².